The average Bonchev–Trinajstić information content (AvgIpc) is 3.14. The third kappa shape index (κ3) is 2.94. The quantitative estimate of drug-likeness (QED) is 0.780. The number of hydrogen-bond acceptors (Lipinski definition) is 3. The summed E-state index contributed by atoms with van der Waals surface area (Å²) in [7, 11) is 0. The van der Waals surface area contributed by atoms with Gasteiger partial charge in [-0.2, -0.15) is 0 Å². The molecule has 1 unspecified atom stereocenters. The molecule has 1 fully saturated rings. The summed E-state index contributed by atoms with van der Waals surface area (Å²) in [6, 6.07) is 7.90. The molecule has 0 bridgehead atoms. The molecule has 1 aromatic rings. The molecule has 1 aromatic carbocycles. The Kier molecular flexibility index (Phi) is 3.75. The Morgan fingerprint density at radius 3 is 2.83 bits per heavy atom. The van der Waals surface area contributed by atoms with Gasteiger partial charge in [-0.05, 0) is 44.9 Å². The second kappa shape index (κ2) is 5.29. The zero-order valence-corrected chi connectivity index (χ0v) is 11.0. The van der Waals surface area contributed by atoms with Crippen molar-refractivity contribution in [1.29, 1.82) is 0 Å². The maximum Gasteiger partial charge on any atom is 0.242 e. The number of likely N-dealkylation sites (N-methyl/N-ethyl adjacent to an activating group) is 1. The lowest BCUT2D eigenvalue weighted by Crippen LogP contribution is -2.46. The topological polar surface area (TPSA) is 58.4 Å². The molecule has 98 valence electrons. The first-order valence-corrected chi connectivity index (χ1v) is 6.54. The number of hydrogen-bond donors (Lipinski definition) is 2. The van der Waals surface area contributed by atoms with Gasteiger partial charge in [-0.15, -0.1) is 0 Å². The van der Waals surface area contributed by atoms with Crippen LogP contribution >= 0.6 is 0 Å². The highest BCUT2D eigenvalue weighted by Crippen LogP contribution is 2.22. The normalized spacial score (nSPS) is 16.1. The van der Waals surface area contributed by atoms with Crippen LogP contribution in [0.1, 0.15) is 26.7 Å². The Balaban J connectivity index is 2.08. The van der Waals surface area contributed by atoms with E-state index in [2.05, 4.69) is 10.2 Å². The number of carbonyl (C=O) groups excluding carboxylic acids is 1. The largest absolute Gasteiger partial charge is 0.399 e. The molecule has 2 rings (SSSR count). The second-order valence-electron chi connectivity index (χ2n) is 4.84. The fourth-order valence-electron chi connectivity index (χ4n) is 2.07. The Morgan fingerprint density at radius 1 is 1.56 bits per heavy atom. The van der Waals surface area contributed by atoms with Crippen molar-refractivity contribution in [2.75, 3.05) is 17.2 Å². The van der Waals surface area contributed by atoms with Gasteiger partial charge in [-0.3, -0.25) is 4.79 Å². The highest BCUT2D eigenvalue weighted by molar-refractivity contribution is 5.85. The van der Waals surface area contributed by atoms with Crippen molar-refractivity contribution < 1.29 is 4.79 Å². The molecule has 0 aliphatic heterocycles. The number of nitrogens with zero attached hydrogens (tertiary/aromatic N) is 1. The zero-order valence-electron chi connectivity index (χ0n) is 11.0. The zero-order chi connectivity index (χ0) is 13.1. The van der Waals surface area contributed by atoms with Crippen molar-refractivity contribution in [3.63, 3.8) is 0 Å². The summed E-state index contributed by atoms with van der Waals surface area (Å²) in [4.78, 5) is 14.1. The summed E-state index contributed by atoms with van der Waals surface area (Å²) in [5, 5.41) is 3.04. The number of amides is 1. The summed E-state index contributed by atoms with van der Waals surface area (Å²) in [6.45, 7) is 4.76. The summed E-state index contributed by atoms with van der Waals surface area (Å²) in [5.74, 6) is 0.0989. The van der Waals surface area contributed by atoms with E-state index in [0.29, 0.717) is 6.04 Å². The lowest BCUT2D eigenvalue weighted by molar-refractivity contribution is -0.122. The third-order valence-electron chi connectivity index (χ3n) is 3.31. The SMILES string of the molecule is CCN(c1cccc(N)c1)C(C)C(=O)NC1CC1. The van der Waals surface area contributed by atoms with Crippen LogP contribution in [0.15, 0.2) is 24.3 Å². The van der Waals surface area contributed by atoms with Crippen molar-refractivity contribution in [3.8, 4) is 0 Å². The molecule has 0 aromatic heterocycles. The van der Waals surface area contributed by atoms with Crippen LogP contribution in [0, 0.1) is 0 Å². The van der Waals surface area contributed by atoms with Crippen molar-refractivity contribution in [3.05, 3.63) is 24.3 Å². The summed E-state index contributed by atoms with van der Waals surface area (Å²) < 4.78 is 0. The first kappa shape index (κ1) is 12.7. The lowest BCUT2D eigenvalue weighted by atomic mass is 10.2. The summed E-state index contributed by atoms with van der Waals surface area (Å²) in [6.07, 6.45) is 2.23. The van der Waals surface area contributed by atoms with Gasteiger partial charge < -0.3 is 16.0 Å². The molecule has 0 spiro atoms. The van der Waals surface area contributed by atoms with Crippen LogP contribution in [-0.4, -0.2) is 24.5 Å². The molecule has 4 heteroatoms. The number of nitrogens with two attached hydrogens (primary N) is 1. The predicted octanol–water partition coefficient (Wildman–Crippen LogP) is 1.76. The molecule has 3 N–H and O–H groups in total. The molecule has 1 aliphatic rings. The monoisotopic (exact) mass is 247 g/mol. The van der Waals surface area contributed by atoms with E-state index in [1.54, 1.807) is 0 Å². The summed E-state index contributed by atoms with van der Waals surface area (Å²) in [5.41, 5.74) is 7.51. The van der Waals surface area contributed by atoms with E-state index in [4.69, 9.17) is 5.73 Å². The van der Waals surface area contributed by atoms with Crippen LogP contribution in [0.2, 0.25) is 0 Å². The van der Waals surface area contributed by atoms with Gasteiger partial charge in [0.25, 0.3) is 0 Å². The minimum absolute atomic E-state index is 0.0989. The standard InChI is InChI=1S/C14H21N3O/c1-3-17(13-6-4-5-11(15)9-13)10(2)14(18)16-12-7-8-12/h4-6,9-10,12H,3,7-8,15H2,1-2H3,(H,16,18). The number of nitrogens with one attached hydrogen (secondary N) is 1. The second-order valence-corrected chi connectivity index (χ2v) is 4.84. The van der Waals surface area contributed by atoms with Crippen molar-refractivity contribution in [2.24, 2.45) is 0 Å². The van der Waals surface area contributed by atoms with E-state index in [0.717, 1.165) is 30.8 Å². The van der Waals surface area contributed by atoms with E-state index in [1.165, 1.54) is 0 Å². The number of carbonyl (C=O) groups is 1. The van der Waals surface area contributed by atoms with Crippen LogP contribution in [0.3, 0.4) is 0 Å². The molecular formula is C14H21N3O. The van der Waals surface area contributed by atoms with Crippen molar-refractivity contribution in [2.45, 2.75) is 38.8 Å². The van der Waals surface area contributed by atoms with Gasteiger partial charge in [0.05, 0.1) is 0 Å². The van der Waals surface area contributed by atoms with Gasteiger partial charge in [-0.25, -0.2) is 0 Å². The molecular weight excluding hydrogens is 226 g/mol. The fourth-order valence-corrected chi connectivity index (χ4v) is 2.07. The lowest BCUT2D eigenvalue weighted by Gasteiger charge is -2.29. The van der Waals surface area contributed by atoms with Gasteiger partial charge in [0, 0.05) is 24.0 Å². The molecule has 4 nitrogen and oxygen atoms in total. The van der Waals surface area contributed by atoms with Crippen molar-refractivity contribution in [1.82, 2.24) is 5.32 Å². The van der Waals surface area contributed by atoms with Gasteiger partial charge in [0.2, 0.25) is 5.91 Å². The summed E-state index contributed by atoms with van der Waals surface area (Å²) >= 11 is 0. The van der Waals surface area contributed by atoms with Crippen LogP contribution in [-0.2, 0) is 4.79 Å². The Hall–Kier alpha value is -1.71. The van der Waals surface area contributed by atoms with Crippen LogP contribution < -0.4 is 16.0 Å². The predicted molar refractivity (Wildman–Crippen MR) is 74.5 cm³/mol. The maximum absolute atomic E-state index is 12.1. The van der Waals surface area contributed by atoms with Gasteiger partial charge in [0.15, 0.2) is 0 Å². The van der Waals surface area contributed by atoms with Crippen LogP contribution in [0.25, 0.3) is 0 Å². The molecule has 1 aliphatic carbocycles. The highest BCUT2D eigenvalue weighted by Gasteiger charge is 2.27. The van der Waals surface area contributed by atoms with Gasteiger partial charge in [-0.1, -0.05) is 6.07 Å². The van der Waals surface area contributed by atoms with E-state index < -0.39 is 0 Å². The number of benzene rings is 1. The van der Waals surface area contributed by atoms with E-state index in [9.17, 15) is 4.79 Å². The Bertz CT molecular complexity index is 429. The molecule has 1 atom stereocenters. The Morgan fingerprint density at radius 2 is 2.28 bits per heavy atom. The van der Waals surface area contributed by atoms with Crippen LogP contribution in [0.5, 0.6) is 0 Å². The minimum Gasteiger partial charge on any atom is -0.399 e. The molecule has 0 radical (unpaired) electrons. The fraction of sp³-hybridized carbons (Fsp3) is 0.500. The van der Waals surface area contributed by atoms with E-state index in [1.807, 2.05) is 38.1 Å². The average molecular weight is 247 g/mol. The smallest absolute Gasteiger partial charge is 0.242 e. The van der Waals surface area contributed by atoms with E-state index >= 15 is 0 Å². The number of nitrogen functional groups attached to an aromatic ring is 1. The molecule has 0 heterocycles. The van der Waals surface area contributed by atoms with E-state index in [-0.39, 0.29) is 11.9 Å². The first-order valence-electron chi connectivity index (χ1n) is 6.54. The number of anilines is 2. The molecule has 1 amide bonds. The molecule has 0 saturated heterocycles. The first-order chi connectivity index (χ1) is 8.61. The van der Waals surface area contributed by atoms with Gasteiger partial charge >= 0.3 is 0 Å². The Labute approximate surface area is 108 Å². The van der Waals surface area contributed by atoms with Crippen molar-refractivity contribution >= 4 is 17.3 Å². The molecule has 18 heavy (non-hydrogen) atoms. The number of rotatable bonds is 5. The maximum atomic E-state index is 12.1. The minimum atomic E-state index is -0.169. The molecule has 1 saturated carbocycles. The van der Waals surface area contributed by atoms with Gasteiger partial charge in [0.1, 0.15) is 6.04 Å². The third-order valence-corrected chi connectivity index (χ3v) is 3.31. The van der Waals surface area contributed by atoms with Crippen LogP contribution in [0.4, 0.5) is 11.4 Å². The highest BCUT2D eigenvalue weighted by atomic mass is 16.2.